The molecule has 0 aromatic heterocycles. The summed E-state index contributed by atoms with van der Waals surface area (Å²) in [5.41, 5.74) is 1.21. The van der Waals surface area contributed by atoms with E-state index in [-0.39, 0.29) is 0 Å². The van der Waals surface area contributed by atoms with Crippen LogP contribution in [0.3, 0.4) is 0 Å². The number of thioether (sulfide) groups is 3. The third kappa shape index (κ3) is 35.9. The molecule has 0 bridgehead atoms. The van der Waals surface area contributed by atoms with Crippen molar-refractivity contribution >= 4 is 35.3 Å². The molecule has 0 spiro atoms. The maximum Gasteiger partial charge on any atom is 0.0344 e. The van der Waals surface area contributed by atoms with Gasteiger partial charge in [0, 0.05) is 14.7 Å². The van der Waals surface area contributed by atoms with Gasteiger partial charge in [0.1, 0.15) is 0 Å². The van der Waals surface area contributed by atoms with Gasteiger partial charge in [0.05, 0.1) is 0 Å². The largest absolute Gasteiger partial charge is 0.125 e. The zero-order valence-electron chi connectivity index (χ0n) is 37.8. The highest BCUT2D eigenvalue weighted by Gasteiger charge is 2.12. The minimum Gasteiger partial charge on any atom is -0.125 e. The van der Waals surface area contributed by atoms with Gasteiger partial charge in [-0.15, -0.1) is 35.3 Å². The highest BCUT2D eigenvalue weighted by molar-refractivity contribution is 8.03. The highest BCUT2D eigenvalue weighted by atomic mass is 32.2. The van der Waals surface area contributed by atoms with E-state index in [0.29, 0.717) is 0 Å². The van der Waals surface area contributed by atoms with Gasteiger partial charge in [-0.05, 0) is 61.1 Å². The molecule has 0 aliphatic rings. The Balaban J connectivity index is 2.40. The van der Waals surface area contributed by atoms with Crippen LogP contribution in [-0.2, 0) is 0 Å². The number of rotatable bonds is 45. The molecule has 1 aromatic carbocycles. The smallest absolute Gasteiger partial charge is 0.0344 e. The van der Waals surface area contributed by atoms with E-state index in [4.69, 9.17) is 0 Å². The maximum absolute atomic E-state index is 4.46. The molecule has 0 saturated heterocycles. The second-order valence-electron chi connectivity index (χ2n) is 17.2. The van der Waals surface area contributed by atoms with Gasteiger partial charge in [0.2, 0.25) is 0 Å². The van der Waals surface area contributed by atoms with Crippen molar-refractivity contribution in [2.45, 2.75) is 286 Å². The third-order valence-electron chi connectivity index (χ3n) is 11.6. The first-order chi connectivity index (χ1) is 27.2. The molecule has 0 saturated carbocycles. The second kappa shape index (κ2) is 43.8. The van der Waals surface area contributed by atoms with Gasteiger partial charge in [-0.1, -0.05) is 252 Å². The van der Waals surface area contributed by atoms with Crippen molar-refractivity contribution < 1.29 is 0 Å². The van der Waals surface area contributed by atoms with E-state index in [1.165, 1.54) is 283 Å². The number of hydrogen-bond acceptors (Lipinski definition) is 3. The molecule has 0 fully saturated rings. The molecule has 1 aromatic rings. The van der Waals surface area contributed by atoms with E-state index in [1.807, 2.05) is 0 Å². The van der Waals surface area contributed by atoms with E-state index >= 15 is 0 Å². The molecular formula is C52H97S3. The van der Waals surface area contributed by atoms with E-state index in [1.54, 1.807) is 4.90 Å². The van der Waals surface area contributed by atoms with E-state index in [0.717, 1.165) is 0 Å². The summed E-state index contributed by atoms with van der Waals surface area (Å²) in [6, 6.07) is 4.82. The Morgan fingerprint density at radius 2 is 0.491 bits per heavy atom. The zero-order valence-corrected chi connectivity index (χ0v) is 40.2. The molecular weight excluding hydrogens is 721 g/mol. The van der Waals surface area contributed by atoms with Crippen molar-refractivity contribution in [3.63, 3.8) is 0 Å². The van der Waals surface area contributed by atoms with Crippen molar-refractivity contribution in [3.8, 4) is 0 Å². The lowest BCUT2D eigenvalue weighted by Gasteiger charge is -2.16. The molecule has 0 aliphatic heterocycles. The summed E-state index contributed by atoms with van der Waals surface area (Å²) >= 11 is 6.44. The van der Waals surface area contributed by atoms with Crippen LogP contribution >= 0.6 is 35.3 Å². The van der Waals surface area contributed by atoms with Crippen LogP contribution in [0.2, 0.25) is 0 Å². The highest BCUT2D eigenvalue weighted by Crippen LogP contribution is 2.41. The maximum atomic E-state index is 4.46. The average Bonchev–Trinajstić information content (AvgIpc) is 3.18. The Hall–Kier alpha value is 0.270. The molecule has 55 heavy (non-hydrogen) atoms. The minimum atomic E-state index is 1.21. The number of benzene rings is 1. The Morgan fingerprint density at radius 1 is 0.291 bits per heavy atom. The molecule has 3 heteroatoms. The molecule has 0 aliphatic carbocycles. The predicted molar refractivity (Wildman–Crippen MR) is 260 cm³/mol. The molecule has 1 rings (SSSR count). The fourth-order valence-electron chi connectivity index (χ4n) is 7.89. The topological polar surface area (TPSA) is 0 Å². The molecule has 0 atom stereocenters. The van der Waals surface area contributed by atoms with Crippen molar-refractivity contribution in [2.24, 2.45) is 0 Å². The fraction of sp³-hybridized carbons (Fsp3) is 0.865. The van der Waals surface area contributed by atoms with Gasteiger partial charge in [0.25, 0.3) is 0 Å². The zero-order chi connectivity index (χ0) is 39.5. The summed E-state index contributed by atoms with van der Waals surface area (Å²) in [5, 5.41) is 0. The average molecular weight is 819 g/mol. The van der Waals surface area contributed by atoms with Gasteiger partial charge in [-0.2, -0.15) is 0 Å². The lowest BCUT2D eigenvalue weighted by molar-refractivity contribution is 0.543. The monoisotopic (exact) mass is 818 g/mol. The van der Waals surface area contributed by atoms with Gasteiger partial charge in [-0.3, -0.25) is 0 Å². The van der Waals surface area contributed by atoms with Gasteiger partial charge in [0.15, 0.2) is 0 Å². The third-order valence-corrected chi connectivity index (χ3v) is 15.3. The minimum absolute atomic E-state index is 1.21. The van der Waals surface area contributed by atoms with Crippen LogP contribution in [-0.4, -0.2) is 17.3 Å². The summed E-state index contributed by atoms with van der Waals surface area (Å²) in [5.74, 6) is 3.79. The normalized spacial score (nSPS) is 11.6. The Morgan fingerprint density at radius 3 is 0.727 bits per heavy atom. The number of hydrogen-bond donors (Lipinski definition) is 0. The van der Waals surface area contributed by atoms with Crippen LogP contribution in [0, 0.1) is 6.92 Å². The van der Waals surface area contributed by atoms with Crippen molar-refractivity contribution in [1.29, 1.82) is 0 Å². The Kier molecular flexibility index (Phi) is 42.5. The van der Waals surface area contributed by atoms with Crippen LogP contribution in [0.1, 0.15) is 277 Å². The molecule has 1 radical (unpaired) electrons. The molecule has 0 nitrogen and oxygen atoms in total. The van der Waals surface area contributed by atoms with Gasteiger partial charge >= 0.3 is 0 Å². The molecule has 0 N–H and O–H groups in total. The van der Waals surface area contributed by atoms with E-state index < -0.39 is 0 Å². The van der Waals surface area contributed by atoms with Crippen LogP contribution in [0.25, 0.3) is 0 Å². The van der Waals surface area contributed by atoms with Crippen molar-refractivity contribution in [2.75, 3.05) is 17.3 Å². The van der Waals surface area contributed by atoms with Crippen LogP contribution < -0.4 is 0 Å². The van der Waals surface area contributed by atoms with E-state index in [2.05, 4.69) is 75.1 Å². The van der Waals surface area contributed by atoms with E-state index in [9.17, 15) is 0 Å². The lowest BCUT2D eigenvalue weighted by atomic mass is 10.1. The molecule has 323 valence electrons. The standard InChI is InChI=1S/C52H97S3/c1-5-8-11-14-17-20-23-26-29-32-35-38-41-44-53-50-47-49(4)48-51(54-45-42-39-36-33-30-27-24-21-18-15-12-9-6-2)52(50)55-46-43-40-37-34-31-28-25-22-19-16-13-10-7-3/h47-48H,4-46H2,1-3H3. The van der Waals surface area contributed by atoms with Gasteiger partial charge in [-0.25, -0.2) is 0 Å². The summed E-state index contributed by atoms with van der Waals surface area (Å²) in [7, 11) is 0. The predicted octanol–water partition coefficient (Wildman–Crippen LogP) is 20.4. The first-order valence-corrected chi connectivity index (χ1v) is 28.1. The van der Waals surface area contributed by atoms with Crippen LogP contribution in [0.4, 0.5) is 0 Å². The van der Waals surface area contributed by atoms with Crippen LogP contribution in [0.15, 0.2) is 26.8 Å². The molecule has 0 amide bonds. The lowest BCUT2D eigenvalue weighted by Crippen LogP contribution is -1.92. The first-order valence-electron chi connectivity index (χ1n) is 25.1. The van der Waals surface area contributed by atoms with Crippen LogP contribution in [0.5, 0.6) is 0 Å². The molecule has 0 heterocycles. The van der Waals surface area contributed by atoms with Crippen molar-refractivity contribution in [1.82, 2.24) is 0 Å². The summed E-state index contributed by atoms with van der Waals surface area (Å²) in [6.45, 7) is 11.4. The summed E-state index contributed by atoms with van der Waals surface area (Å²) in [4.78, 5) is 4.64. The first kappa shape index (κ1) is 53.3. The number of unbranched alkanes of at least 4 members (excludes halogenated alkanes) is 36. The van der Waals surface area contributed by atoms with Crippen molar-refractivity contribution in [3.05, 3.63) is 24.6 Å². The summed E-state index contributed by atoms with van der Waals surface area (Å²) in [6.07, 6.45) is 55.9. The van der Waals surface area contributed by atoms with Gasteiger partial charge < -0.3 is 0 Å². The molecule has 0 unspecified atom stereocenters. The summed E-state index contributed by atoms with van der Waals surface area (Å²) < 4.78 is 0. The Bertz CT molecular complexity index is 844. The quantitative estimate of drug-likeness (QED) is 0.0475. The SMILES string of the molecule is [CH2]c1cc(SCCCCCCCCCCCCCCC)c(SCCCCCCCCCCCCCCC)c(SCCCCCCCCCCCCCCC)c1. The Labute approximate surface area is 361 Å². The fourth-order valence-corrected chi connectivity index (χ4v) is 11.7. The second-order valence-corrected chi connectivity index (χ2v) is 20.6.